The lowest BCUT2D eigenvalue weighted by Crippen LogP contribution is -2.42. The van der Waals surface area contributed by atoms with Crippen LogP contribution in [-0.2, 0) is 16.0 Å². The zero-order chi connectivity index (χ0) is 16.6. The van der Waals surface area contributed by atoms with Crippen LogP contribution in [0.5, 0.6) is 0 Å². The van der Waals surface area contributed by atoms with Crippen LogP contribution >= 0.6 is 0 Å². The number of hydrogen-bond acceptors (Lipinski definition) is 2. The number of nitrogens with one attached hydrogen (secondary N) is 1. The van der Waals surface area contributed by atoms with Crippen LogP contribution in [0.2, 0.25) is 0 Å². The maximum absolute atomic E-state index is 12.7. The summed E-state index contributed by atoms with van der Waals surface area (Å²) < 4.78 is 0. The highest BCUT2D eigenvalue weighted by Crippen LogP contribution is 2.52. The number of aryl methyl sites for hydroxylation is 1. The molecule has 1 aromatic rings. The molecule has 0 unspecified atom stereocenters. The number of carbonyl (C=O) groups excluding carboxylic acids is 1. The lowest BCUT2D eigenvalue weighted by atomic mass is 9.78. The van der Waals surface area contributed by atoms with Gasteiger partial charge in [-0.1, -0.05) is 31.2 Å². The van der Waals surface area contributed by atoms with E-state index in [1.807, 2.05) is 19.1 Å². The van der Waals surface area contributed by atoms with Crippen molar-refractivity contribution in [2.75, 3.05) is 0 Å². The van der Waals surface area contributed by atoms with Gasteiger partial charge in [-0.15, -0.1) is 0 Å². The maximum atomic E-state index is 12.7. The second-order valence-corrected chi connectivity index (χ2v) is 7.05. The van der Waals surface area contributed by atoms with E-state index in [0.717, 1.165) is 31.2 Å². The average Bonchev–Trinajstić information content (AvgIpc) is 3.15. The molecule has 4 nitrogen and oxygen atoms in total. The van der Waals surface area contributed by atoms with Gasteiger partial charge in [0.2, 0.25) is 5.91 Å². The molecule has 124 valence electrons. The minimum absolute atomic E-state index is 0.0864. The molecular weight excluding hydrogens is 290 g/mol. The second kappa shape index (κ2) is 6.34. The molecule has 2 N–H and O–H groups in total. The molecule has 23 heavy (non-hydrogen) atoms. The predicted molar refractivity (Wildman–Crippen MR) is 87.8 cm³/mol. The standard InChI is InChI=1S/C19H25NO3/c1-3-12-4-6-13(7-5-12)11(2)20-18(21)16-14-8-9-15(10-14)17(16)19(22)23/h4-7,11,14-17H,3,8-10H2,1-2H3,(H,20,21)(H,22,23)/t11-,14-,15-,16-,17+/m0/s1. The molecule has 0 saturated heterocycles. The van der Waals surface area contributed by atoms with Gasteiger partial charge >= 0.3 is 5.97 Å². The third-order valence-corrected chi connectivity index (χ3v) is 5.75. The molecule has 5 atom stereocenters. The van der Waals surface area contributed by atoms with Crippen molar-refractivity contribution in [3.63, 3.8) is 0 Å². The Labute approximate surface area is 137 Å². The minimum Gasteiger partial charge on any atom is -0.481 e. The number of hydrogen-bond donors (Lipinski definition) is 2. The molecule has 2 fully saturated rings. The predicted octanol–water partition coefficient (Wildman–Crippen LogP) is 3.17. The summed E-state index contributed by atoms with van der Waals surface area (Å²) in [5.74, 6) is -1.32. The average molecular weight is 315 g/mol. The number of fused-ring (bicyclic) bond motifs is 2. The van der Waals surface area contributed by atoms with Gasteiger partial charge in [-0.25, -0.2) is 0 Å². The fourth-order valence-corrected chi connectivity index (χ4v) is 4.46. The van der Waals surface area contributed by atoms with E-state index in [9.17, 15) is 14.7 Å². The van der Waals surface area contributed by atoms with Crippen LogP contribution < -0.4 is 5.32 Å². The molecule has 0 spiro atoms. The Morgan fingerprint density at radius 1 is 1.17 bits per heavy atom. The molecule has 0 radical (unpaired) electrons. The molecule has 0 heterocycles. The Morgan fingerprint density at radius 3 is 2.35 bits per heavy atom. The molecule has 3 rings (SSSR count). The molecule has 0 aliphatic heterocycles. The molecule has 2 bridgehead atoms. The Balaban J connectivity index is 1.69. The fraction of sp³-hybridized carbons (Fsp3) is 0.579. The van der Waals surface area contributed by atoms with Crippen molar-refractivity contribution in [2.24, 2.45) is 23.7 Å². The summed E-state index contributed by atoms with van der Waals surface area (Å²) in [5, 5.41) is 12.5. The van der Waals surface area contributed by atoms with Gasteiger partial charge < -0.3 is 10.4 Å². The van der Waals surface area contributed by atoms with Gasteiger partial charge in [0.05, 0.1) is 17.9 Å². The molecule has 2 aliphatic carbocycles. The highest BCUT2D eigenvalue weighted by atomic mass is 16.4. The molecule has 2 saturated carbocycles. The zero-order valence-electron chi connectivity index (χ0n) is 13.8. The molecule has 1 amide bonds. The van der Waals surface area contributed by atoms with Crippen LogP contribution in [0.15, 0.2) is 24.3 Å². The fourth-order valence-electron chi connectivity index (χ4n) is 4.46. The van der Waals surface area contributed by atoms with E-state index in [1.165, 1.54) is 5.56 Å². The van der Waals surface area contributed by atoms with E-state index in [1.54, 1.807) is 0 Å². The van der Waals surface area contributed by atoms with E-state index >= 15 is 0 Å². The second-order valence-electron chi connectivity index (χ2n) is 7.05. The monoisotopic (exact) mass is 315 g/mol. The van der Waals surface area contributed by atoms with Crippen molar-refractivity contribution in [3.05, 3.63) is 35.4 Å². The summed E-state index contributed by atoms with van der Waals surface area (Å²) in [6.07, 6.45) is 3.84. The first-order chi connectivity index (χ1) is 11.0. The molecular formula is C19H25NO3. The number of rotatable bonds is 5. The number of carboxylic acid groups (broad SMARTS) is 1. The normalized spacial score (nSPS) is 30.2. The Morgan fingerprint density at radius 2 is 1.78 bits per heavy atom. The highest BCUT2D eigenvalue weighted by Gasteiger charge is 2.54. The molecule has 4 heteroatoms. The summed E-state index contributed by atoms with van der Waals surface area (Å²) in [4.78, 5) is 24.2. The third kappa shape index (κ3) is 2.99. The number of aliphatic carboxylic acids is 1. The zero-order valence-corrected chi connectivity index (χ0v) is 13.8. The highest BCUT2D eigenvalue weighted by molar-refractivity contribution is 5.86. The largest absolute Gasteiger partial charge is 0.481 e. The number of carboxylic acids is 1. The van der Waals surface area contributed by atoms with Crippen molar-refractivity contribution in [1.29, 1.82) is 0 Å². The van der Waals surface area contributed by atoms with E-state index < -0.39 is 11.9 Å². The van der Waals surface area contributed by atoms with Crippen LogP contribution in [0.4, 0.5) is 0 Å². The minimum atomic E-state index is -0.808. The van der Waals surface area contributed by atoms with Gasteiger partial charge in [-0.05, 0) is 55.6 Å². The smallest absolute Gasteiger partial charge is 0.307 e. The van der Waals surface area contributed by atoms with Crippen LogP contribution in [-0.4, -0.2) is 17.0 Å². The van der Waals surface area contributed by atoms with Gasteiger partial charge in [0, 0.05) is 0 Å². The third-order valence-electron chi connectivity index (χ3n) is 5.75. The van der Waals surface area contributed by atoms with E-state index in [-0.39, 0.29) is 29.7 Å². The summed E-state index contributed by atoms with van der Waals surface area (Å²) in [7, 11) is 0. The van der Waals surface area contributed by atoms with Gasteiger partial charge in [-0.3, -0.25) is 9.59 Å². The lowest BCUT2D eigenvalue weighted by Gasteiger charge is -2.28. The molecule has 1 aromatic carbocycles. The maximum Gasteiger partial charge on any atom is 0.307 e. The Hall–Kier alpha value is -1.84. The summed E-state index contributed by atoms with van der Waals surface area (Å²) in [6, 6.07) is 8.14. The summed E-state index contributed by atoms with van der Waals surface area (Å²) in [5.41, 5.74) is 2.33. The summed E-state index contributed by atoms with van der Waals surface area (Å²) in [6.45, 7) is 4.07. The lowest BCUT2D eigenvalue weighted by molar-refractivity contribution is -0.149. The van der Waals surface area contributed by atoms with Crippen LogP contribution in [0.3, 0.4) is 0 Å². The quantitative estimate of drug-likeness (QED) is 0.877. The number of benzene rings is 1. The number of amides is 1. The first-order valence-corrected chi connectivity index (χ1v) is 8.63. The van der Waals surface area contributed by atoms with Crippen LogP contribution in [0.25, 0.3) is 0 Å². The van der Waals surface area contributed by atoms with Crippen molar-refractivity contribution < 1.29 is 14.7 Å². The topological polar surface area (TPSA) is 66.4 Å². The Kier molecular flexibility index (Phi) is 4.42. The van der Waals surface area contributed by atoms with Gasteiger partial charge in [-0.2, -0.15) is 0 Å². The summed E-state index contributed by atoms with van der Waals surface area (Å²) >= 11 is 0. The SMILES string of the molecule is CCc1ccc([C@H](C)NC(=O)[C@H]2[C@H]3CC[C@@H](C3)[C@H]2C(=O)O)cc1. The number of carbonyl (C=O) groups is 2. The first kappa shape index (κ1) is 16.0. The van der Waals surface area contributed by atoms with Crippen LogP contribution in [0.1, 0.15) is 50.3 Å². The van der Waals surface area contributed by atoms with Crippen molar-refractivity contribution in [1.82, 2.24) is 5.32 Å². The van der Waals surface area contributed by atoms with Gasteiger partial charge in [0.25, 0.3) is 0 Å². The van der Waals surface area contributed by atoms with E-state index in [4.69, 9.17) is 0 Å². The van der Waals surface area contributed by atoms with Crippen LogP contribution in [0, 0.1) is 23.7 Å². The van der Waals surface area contributed by atoms with Crippen molar-refractivity contribution in [2.45, 2.75) is 45.6 Å². The van der Waals surface area contributed by atoms with Crippen molar-refractivity contribution in [3.8, 4) is 0 Å². The Bertz CT molecular complexity index is 595. The van der Waals surface area contributed by atoms with Gasteiger partial charge in [0.15, 0.2) is 0 Å². The van der Waals surface area contributed by atoms with Crippen molar-refractivity contribution >= 4 is 11.9 Å². The first-order valence-electron chi connectivity index (χ1n) is 8.63. The van der Waals surface area contributed by atoms with E-state index in [0.29, 0.717) is 0 Å². The van der Waals surface area contributed by atoms with Gasteiger partial charge in [0.1, 0.15) is 0 Å². The molecule has 0 aromatic heterocycles. The van der Waals surface area contributed by atoms with E-state index in [2.05, 4.69) is 24.4 Å². The molecule has 2 aliphatic rings.